The Hall–Kier alpha value is -6.84. The van der Waals surface area contributed by atoms with Crippen LogP contribution in [0.2, 0.25) is 0 Å². The highest BCUT2D eigenvalue weighted by molar-refractivity contribution is 7.00. The summed E-state index contributed by atoms with van der Waals surface area (Å²) in [5.74, 6) is 0. The number of aryl methyl sites for hydroxylation is 2. The highest BCUT2D eigenvalue weighted by atomic mass is 15.1. The Bertz CT molecular complexity index is 4120. The van der Waals surface area contributed by atoms with Gasteiger partial charge in [-0.25, -0.2) is 0 Å². The lowest BCUT2D eigenvalue weighted by atomic mass is 9.33. The Kier molecular flexibility index (Phi) is 7.56. The van der Waals surface area contributed by atoms with Gasteiger partial charge in [0.15, 0.2) is 0 Å². The van der Waals surface area contributed by atoms with E-state index in [0.29, 0.717) is 0 Å². The predicted molar refractivity (Wildman–Crippen MR) is 304 cm³/mol. The van der Waals surface area contributed by atoms with Gasteiger partial charge in [-0.15, -0.1) is 0 Å². The zero-order chi connectivity index (χ0) is 48.9. The second kappa shape index (κ2) is 13.0. The first-order valence-corrected chi connectivity index (χ1v) is 27.0. The van der Waals surface area contributed by atoms with Crippen molar-refractivity contribution in [1.82, 2.24) is 9.13 Å². The number of fused-ring (bicyclic) bond motifs is 15. The summed E-state index contributed by atoms with van der Waals surface area (Å²) in [6, 6.07) is 55.7. The van der Waals surface area contributed by atoms with Gasteiger partial charge in [-0.05, 0) is 150 Å². The molecule has 5 heterocycles. The molecule has 2 nitrogen and oxygen atoms in total. The third kappa shape index (κ3) is 4.69. The van der Waals surface area contributed by atoms with E-state index in [1.807, 2.05) is 0 Å². The van der Waals surface area contributed by atoms with Crippen LogP contribution in [-0.4, -0.2) is 15.8 Å². The third-order valence-corrected chi connectivity index (χ3v) is 19.9. The van der Waals surface area contributed by atoms with Crippen molar-refractivity contribution in [1.29, 1.82) is 0 Å². The van der Waals surface area contributed by atoms with Gasteiger partial charge in [0.2, 0.25) is 0 Å². The van der Waals surface area contributed by atoms with E-state index in [2.05, 4.69) is 218 Å². The van der Waals surface area contributed by atoms with Crippen molar-refractivity contribution in [2.75, 3.05) is 0 Å². The van der Waals surface area contributed by atoms with Crippen LogP contribution in [0.25, 0.3) is 77.6 Å². The number of rotatable bonds is 2. The Morgan fingerprint density at radius 2 is 0.986 bits per heavy atom. The highest BCUT2D eigenvalue weighted by Crippen LogP contribution is 2.65. The first-order valence-electron chi connectivity index (χ1n) is 27.0. The topological polar surface area (TPSA) is 9.86 Å². The summed E-state index contributed by atoms with van der Waals surface area (Å²) in [5, 5.41) is 4.42. The van der Waals surface area contributed by atoms with Gasteiger partial charge in [-0.3, -0.25) is 0 Å². The Balaban J connectivity index is 1.20. The molecule has 0 atom stereocenters. The summed E-state index contributed by atoms with van der Waals surface area (Å²) in [5.41, 5.74) is 33.2. The lowest BCUT2D eigenvalue weighted by Gasteiger charge is -2.47. The molecule has 1 spiro atoms. The van der Waals surface area contributed by atoms with Gasteiger partial charge in [0, 0.05) is 44.1 Å². The van der Waals surface area contributed by atoms with Crippen molar-refractivity contribution in [3.05, 3.63) is 195 Å². The lowest BCUT2D eigenvalue weighted by Crippen LogP contribution is -2.61. The van der Waals surface area contributed by atoms with Crippen molar-refractivity contribution < 1.29 is 0 Å². The van der Waals surface area contributed by atoms with E-state index < -0.39 is 5.41 Å². The molecular formula is C69H61BN2. The molecular weight excluding hydrogens is 868 g/mol. The molecule has 16 rings (SSSR count). The fourth-order valence-corrected chi connectivity index (χ4v) is 16.3. The number of para-hydroxylation sites is 1. The van der Waals surface area contributed by atoms with Crippen LogP contribution in [-0.2, 0) is 27.1 Å². The zero-order valence-electron chi connectivity index (χ0n) is 43.6. The minimum absolute atomic E-state index is 0.00308. The van der Waals surface area contributed by atoms with Gasteiger partial charge in [-0.1, -0.05) is 200 Å². The quantitative estimate of drug-likeness (QED) is 0.153. The van der Waals surface area contributed by atoms with Gasteiger partial charge in [0.05, 0.1) is 16.6 Å². The van der Waals surface area contributed by atoms with Crippen molar-refractivity contribution >= 4 is 55.8 Å². The maximum Gasteiger partial charge on any atom is 0.252 e. The number of hydrogen-bond acceptors (Lipinski definition) is 0. The number of benzene rings is 8. The summed E-state index contributed by atoms with van der Waals surface area (Å²) in [4.78, 5) is 0. The van der Waals surface area contributed by atoms with E-state index in [9.17, 15) is 0 Å². The third-order valence-electron chi connectivity index (χ3n) is 19.9. The van der Waals surface area contributed by atoms with Crippen LogP contribution in [0.3, 0.4) is 0 Å². The van der Waals surface area contributed by atoms with Crippen LogP contribution < -0.4 is 16.4 Å². The molecule has 350 valence electrons. The normalized spacial score (nSPS) is 18.7. The molecule has 3 aliphatic carbocycles. The van der Waals surface area contributed by atoms with E-state index >= 15 is 0 Å². The van der Waals surface area contributed by atoms with Gasteiger partial charge in [0.1, 0.15) is 0 Å². The fourth-order valence-electron chi connectivity index (χ4n) is 16.3. The fraction of sp³-hybridized carbons (Fsp3) is 0.275. The summed E-state index contributed by atoms with van der Waals surface area (Å²) < 4.78 is 5.63. The molecule has 0 unspecified atom stereocenters. The van der Waals surface area contributed by atoms with Crippen LogP contribution in [0.15, 0.2) is 140 Å². The molecule has 72 heavy (non-hydrogen) atoms. The zero-order valence-corrected chi connectivity index (χ0v) is 43.6. The monoisotopic (exact) mass is 928 g/mol. The molecule has 6 aliphatic rings. The molecule has 0 radical (unpaired) electrons. The molecule has 10 aromatic rings. The maximum atomic E-state index is 2.91. The van der Waals surface area contributed by atoms with Crippen molar-refractivity contribution in [3.8, 4) is 44.9 Å². The van der Waals surface area contributed by atoms with E-state index in [0.717, 1.165) is 0 Å². The molecule has 2 aromatic heterocycles. The molecule has 3 heteroatoms. The van der Waals surface area contributed by atoms with E-state index in [1.165, 1.54) is 142 Å². The molecule has 3 aliphatic heterocycles. The SMILES string of the molecule is Cc1ccc(-c2c(-c3ccc(C)cc3)n3c4c(cccc24)B2c4c-3ccc3c4-n4c5c2cc2c(c5c5c6c(cc(c54)C34c3ccccc3-c3ccccc34)C(C)(C)CCC6(C)C)C(C)(C)CCC2(C)C)cc1. The second-order valence-corrected chi connectivity index (χ2v) is 25.8. The van der Waals surface area contributed by atoms with Gasteiger partial charge < -0.3 is 9.13 Å². The highest BCUT2D eigenvalue weighted by Gasteiger charge is 2.57. The predicted octanol–water partition coefficient (Wildman–Crippen LogP) is 15.2. The van der Waals surface area contributed by atoms with Crippen molar-refractivity contribution in [2.45, 2.75) is 122 Å². The summed E-state index contributed by atoms with van der Waals surface area (Å²) in [7, 11) is 0. The molecule has 8 aromatic carbocycles. The molecule has 0 saturated carbocycles. The van der Waals surface area contributed by atoms with Crippen LogP contribution in [0.4, 0.5) is 0 Å². The Morgan fingerprint density at radius 1 is 0.431 bits per heavy atom. The average Bonchev–Trinajstić information content (AvgIpc) is 4.01. The average molecular weight is 929 g/mol. The van der Waals surface area contributed by atoms with Gasteiger partial charge >= 0.3 is 0 Å². The van der Waals surface area contributed by atoms with E-state index in [-0.39, 0.29) is 28.4 Å². The largest absolute Gasteiger partial charge is 0.310 e. The first-order chi connectivity index (χ1) is 34.5. The van der Waals surface area contributed by atoms with Crippen molar-refractivity contribution in [3.63, 3.8) is 0 Å². The van der Waals surface area contributed by atoms with Crippen molar-refractivity contribution in [2.24, 2.45) is 0 Å². The molecule has 0 bridgehead atoms. The van der Waals surface area contributed by atoms with Crippen LogP contribution in [0, 0.1) is 13.8 Å². The van der Waals surface area contributed by atoms with Crippen LogP contribution >= 0.6 is 0 Å². The van der Waals surface area contributed by atoms with Crippen LogP contribution in [0.5, 0.6) is 0 Å². The van der Waals surface area contributed by atoms with E-state index in [1.54, 1.807) is 33.0 Å². The molecule has 0 fully saturated rings. The molecule has 0 saturated heterocycles. The summed E-state index contributed by atoms with van der Waals surface area (Å²) in [6.45, 7) is 25.0. The van der Waals surface area contributed by atoms with E-state index in [4.69, 9.17) is 0 Å². The summed E-state index contributed by atoms with van der Waals surface area (Å²) >= 11 is 0. The minimum atomic E-state index is -0.542. The lowest BCUT2D eigenvalue weighted by molar-refractivity contribution is 0.333. The second-order valence-electron chi connectivity index (χ2n) is 25.8. The number of nitrogens with zero attached hydrogens (tertiary/aromatic N) is 2. The van der Waals surface area contributed by atoms with Gasteiger partial charge in [0.25, 0.3) is 6.71 Å². The first kappa shape index (κ1) is 41.7. The smallest absolute Gasteiger partial charge is 0.252 e. The minimum Gasteiger partial charge on any atom is -0.310 e. The molecule has 0 amide bonds. The van der Waals surface area contributed by atoms with Crippen LogP contribution in [0.1, 0.15) is 137 Å². The Morgan fingerprint density at radius 3 is 1.61 bits per heavy atom. The standard InChI is InChI=1S/C69H61BN2/c1-38-22-26-40(27-23-38)54-44-18-15-21-51-61(44)71(60(54)41-28-24-39(2)25-29-41)53-31-30-47-63-59(53)70(51)52-37-49-58(68(9,10)35-33-66(49,5)6)56-55-57-48(65(3,4)32-34-67(57,7)8)36-50(62(55)72(63)64(52)56)69(47)45-19-13-11-16-42(45)43-17-12-14-20-46(43)69/h11-31,36-37H,32-35H2,1-10H3. The Labute approximate surface area is 424 Å². The maximum absolute atomic E-state index is 2.91. The summed E-state index contributed by atoms with van der Waals surface area (Å²) in [6.07, 6.45) is 4.67. The molecule has 0 N–H and O–H groups in total. The van der Waals surface area contributed by atoms with Gasteiger partial charge in [-0.2, -0.15) is 0 Å². The number of aromatic nitrogens is 2. The number of hydrogen-bond donors (Lipinski definition) is 0.